The summed E-state index contributed by atoms with van der Waals surface area (Å²) < 4.78 is 27.9. The van der Waals surface area contributed by atoms with Gasteiger partial charge in [-0.2, -0.15) is 0 Å². The van der Waals surface area contributed by atoms with Crippen LogP contribution in [0.1, 0.15) is 53.4 Å². The first-order valence-corrected chi connectivity index (χ1v) is 11.1. The van der Waals surface area contributed by atoms with Crippen molar-refractivity contribution in [1.82, 2.24) is 0 Å². The first kappa shape index (κ1) is 22.4. The molecule has 2 rings (SSSR count). The molecule has 1 atom stereocenters. The van der Waals surface area contributed by atoms with Crippen molar-refractivity contribution in [2.24, 2.45) is 22.4 Å². The van der Waals surface area contributed by atoms with Crippen LogP contribution in [0, 0.1) is 17.3 Å². The largest absolute Gasteiger partial charge is 0.452 e. The summed E-state index contributed by atoms with van der Waals surface area (Å²) in [7, 11) is -3.79. The average Bonchev–Trinajstić information content (AvgIpc) is 2.60. The highest BCUT2D eigenvalue weighted by Crippen LogP contribution is 2.40. The van der Waals surface area contributed by atoms with Gasteiger partial charge in [0.1, 0.15) is 0 Å². The number of rotatable bonds is 5. The van der Waals surface area contributed by atoms with Crippen molar-refractivity contribution in [3.05, 3.63) is 24.3 Å². The van der Waals surface area contributed by atoms with Gasteiger partial charge in [-0.1, -0.05) is 20.8 Å². The molecule has 0 aliphatic heterocycles. The SMILES string of the molecule is C[C@H](OC(=O)C1CCC(C(C)(C)C)CC1)C(=O)Nc1ccc(S(N)(=O)=O)cc1. The quantitative estimate of drug-likeness (QED) is 0.724. The van der Waals surface area contributed by atoms with Gasteiger partial charge in [0, 0.05) is 5.69 Å². The van der Waals surface area contributed by atoms with Gasteiger partial charge in [0.25, 0.3) is 5.91 Å². The number of nitrogens with two attached hydrogens (primary N) is 1. The van der Waals surface area contributed by atoms with Crippen LogP contribution in [0.2, 0.25) is 0 Å². The number of amides is 1. The van der Waals surface area contributed by atoms with Crippen LogP contribution >= 0.6 is 0 Å². The Balaban J connectivity index is 1.86. The standard InChI is InChI=1S/C20H30N2O5S/c1-13(18(23)22-16-9-11-17(12-10-16)28(21,25)26)27-19(24)14-5-7-15(8-6-14)20(2,3)4/h9-15H,5-8H2,1-4H3,(H,22,23)(H2,21,25,26)/t13-,14?,15?/m0/s1. The predicted octanol–water partition coefficient (Wildman–Crippen LogP) is 3.06. The van der Waals surface area contributed by atoms with E-state index < -0.39 is 22.0 Å². The molecule has 0 unspecified atom stereocenters. The molecule has 8 heteroatoms. The number of hydrogen-bond donors (Lipinski definition) is 2. The fourth-order valence-electron chi connectivity index (χ4n) is 3.49. The number of primary sulfonamides is 1. The molecular weight excluding hydrogens is 380 g/mol. The summed E-state index contributed by atoms with van der Waals surface area (Å²) in [5.74, 6) is -0.375. The number of carbonyl (C=O) groups excluding carboxylic acids is 2. The Morgan fingerprint density at radius 3 is 2.11 bits per heavy atom. The van der Waals surface area contributed by atoms with Crippen molar-refractivity contribution in [2.45, 2.75) is 64.4 Å². The lowest BCUT2D eigenvalue weighted by Gasteiger charge is -2.36. The molecule has 7 nitrogen and oxygen atoms in total. The van der Waals surface area contributed by atoms with Crippen LogP contribution in [0.3, 0.4) is 0 Å². The maximum atomic E-state index is 12.4. The molecule has 0 saturated heterocycles. The first-order valence-electron chi connectivity index (χ1n) is 9.52. The number of hydrogen-bond acceptors (Lipinski definition) is 5. The van der Waals surface area contributed by atoms with E-state index in [-0.39, 0.29) is 22.2 Å². The number of benzene rings is 1. The van der Waals surface area contributed by atoms with Crippen molar-refractivity contribution in [2.75, 3.05) is 5.32 Å². The summed E-state index contributed by atoms with van der Waals surface area (Å²) in [6.07, 6.45) is 2.60. The Morgan fingerprint density at radius 1 is 1.11 bits per heavy atom. The van der Waals surface area contributed by atoms with Gasteiger partial charge in [-0.3, -0.25) is 9.59 Å². The Bertz CT molecular complexity index is 804. The fourth-order valence-corrected chi connectivity index (χ4v) is 4.01. The number of anilines is 1. The van der Waals surface area contributed by atoms with Gasteiger partial charge in [-0.05, 0) is 68.2 Å². The van der Waals surface area contributed by atoms with Crippen LogP contribution in [0.25, 0.3) is 0 Å². The lowest BCUT2D eigenvalue weighted by atomic mass is 9.70. The van der Waals surface area contributed by atoms with Gasteiger partial charge in [0.2, 0.25) is 10.0 Å². The minimum absolute atomic E-state index is 0.0455. The Labute approximate surface area is 167 Å². The predicted molar refractivity (Wildman–Crippen MR) is 107 cm³/mol. The molecule has 0 heterocycles. The van der Waals surface area contributed by atoms with E-state index in [2.05, 4.69) is 26.1 Å². The molecule has 1 amide bonds. The van der Waals surface area contributed by atoms with Crippen LogP contribution in [-0.4, -0.2) is 26.4 Å². The number of ether oxygens (including phenoxy) is 1. The van der Waals surface area contributed by atoms with Gasteiger partial charge in [-0.25, -0.2) is 13.6 Å². The zero-order valence-electron chi connectivity index (χ0n) is 16.9. The summed E-state index contributed by atoms with van der Waals surface area (Å²) in [6, 6.07) is 5.46. The summed E-state index contributed by atoms with van der Waals surface area (Å²) in [5.41, 5.74) is 0.631. The molecule has 1 saturated carbocycles. The van der Waals surface area contributed by atoms with Crippen LogP contribution in [0.5, 0.6) is 0 Å². The Kier molecular flexibility index (Phi) is 6.88. The van der Waals surface area contributed by atoms with E-state index in [0.717, 1.165) is 25.7 Å². The second-order valence-electron chi connectivity index (χ2n) is 8.55. The van der Waals surface area contributed by atoms with Crippen molar-refractivity contribution in [1.29, 1.82) is 0 Å². The molecular formula is C20H30N2O5S. The lowest BCUT2D eigenvalue weighted by molar-refractivity contribution is -0.158. The Hall–Kier alpha value is -1.93. The van der Waals surface area contributed by atoms with Crippen LogP contribution in [0.4, 0.5) is 5.69 Å². The summed E-state index contributed by atoms with van der Waals surface area (Å²) in [4.78, 5) is 24.6. The van der Waals surface area contributed by atoms with E-state index in [4.69, 9.17) is 9.88 Å². The third-order valence-corrected chi connectivity index (χ3v) is 6.33. The van der Waals surface area contributed by atoms with E-state index in [9.17, 15) is 18.0 Å². The van der Waals surface area contributed by atoms with E-state index >= 15 is 0 Å². The second-order valence-corrected chi connectivity index (χ2v) is 10.1. The van der Waals surface area contributed by atoms with Crippen molar-refractivity contribution < 1.29 is 22.7 Å². The topological polar surface area (TPSA) is 116 Å². The molecule has 1 aromatic rings. The van der Waals surface area contributed by atoms with E-state index in [1.54, 1.807) is 0 Å². The number of sulfonamides is 1. The molecule has 28 heavy (non-hydrogen) atoms. The third-order valence-electron chi connectivity index (χ3n) is 5.40. The van der Waals surface area contributed by atoms with Crippen LogP contribution in [-0.2, 0) is 24.3 Å². The highest BCUT2D eigenvalue weighted by Gasteiger charge is 2.34. The van der Waals surface area contributed by atoms with Crippen molar-refractivity contribution in [3.8, 4) is 0 Å². The first-order chi connectivity index (χ1) is 12.9. The molecule has 1 aromatic carbocycles. The van der Waals surface area contributed by atoms with Gasteiger partial charge < -0.3 is 10.1 Å². The number of carbonyl (C=O) groups is 2. The van der Waals surface area contributed by atoms with Crippen LogP contribution < -0.4 is 10.5 Å². The molecule has 1 aliphatic rings. The van der Waals surface area contributed by atoms with Crippen molar-refractivity contribution in [3.63, 3.8) is 0 Å². The van der Waals surface area contributed by atoms with Gasteiger partial charge in [0.05, 0.1) is 10.8 Å². The van der Waals surface area contributed by atoms with Gasteiger partial charge in [-0.15, -0.1) is 0 Å². The number of nitrogens with one attached hydrogen (secondary N) is 1. The van der Waals surface area contributed by atoms with Crippen LogP contribution in [0.15, 0.2) is 29.2 Å². The summed E-state index contributed by atoms with van der Waals surface area (Å²) in [6.45, 7) is 8.18. The molecule has 3 N–H and O–H groups in total. The highest BCUT2D eigenvalue weighted by atomic mass is 32.2. The zero-order chi connectivity index (χ0) is 21.1. The minimum Gasteiger partial charge on any atom is -0.452 e. The average molecular weight is 411 g/mol. The normalized spacial score (nSPS) is 21.6. The maximum Gasteiger partial charge on any atom is 0.309 e. The summed E-state index contributed by atoms with van der Waals surface area (Å²) >= 11 is 0. The van der Waals surface area contributed by atoms with E-state index in [1.807, 2.05) is 0 Å². The number of esters is 1. The fraction of sp³-hybridized carbons (Fsp3) is 0.600. The van der Waals surface area contributed by atoms with Crippen molar-refractivity contribution >= 4 is 27.6 Å². The molecule has 0 bridgehead atoms. The minimum atomic E-state index is -3.79. The molecule has 1 aliphatic carbocycles. The highest BCUT2D eigenvalue weighted by molar-refractivity contribution is 7.89. The molecule has 1 fully saturated rings. The summed E-state index contributed by atoms with van der Waals surface area (Å²) in [5, 5.41) is 7.65. The van der Waals surface area contributed by atoms with E-state index in [0.29, 0.717) is 11.6 Å². The molecule has 0 spiro atoms. The molecule has 156 valence electrons. The maximum absolute atomic E-state index is 12.4. The van der Waals surface area contributed by atoms with Gasteiger partial charge >= 0.3 is 5.97 Å². The smallest absolute Gasteiger partial charge is 0.309 e. The molecule has 0 aromatic heterocycles. The van der Waals surface area contributed by atoms with Gasteiger partial charge in [0.15, 0.2) is 6.10 Å². The van der Waals surface area contributed by atoms with E-state index in [1.165, 1.54) is 31.2 Å². The monoisotopic (exact) mass is 410 g/mol. The second kappa shape index (κ2) is 8.61. The Morgan fingerprint density at radius 2 is 1.64 bits per heavy atom. The molecule has 0 radical (unpaired) electrons. The zero-order valence-corrected chi connectivity index (χ0v) is 17.7. The lowest BCUT2D eigenvalue weighted by Crippen LogP contribution is -2.34. The third kappa shape index (κ3) is 6.04.